The number of likely N-dealkylation sites (N-methyl/N-ethyl adjacent to an activating group) is 1. The number of alkyl halides is 6. The fourth-order valence-electron chi connectivity index (χ4n) is 4.07. The van der Waals surface area contributed by atoms with Crippen LogP contribution in [0.4, 0.5) is 36.4 Å². The minimum atomic E-state index is -4.64. The molecule has 0 fully saturated rings. The van der Waals surface area contributed by atoms with Crippen molar-refractivity contribution >= 4 is 17.8 Å². The van der Waals surface area contributed by atoms with Gasteiger partial charge in [0.25, 0.3) is 5.91 Å². The van der Waals surface area contributed by atoms with Crippen molar-refractivity contribution < 1.29 is 45.0 Å². The quantitative estimate of drug-likeness (QED) is 0.489. The lowest BCUT2D eigenvalue weighted by atomic mass is 10.0. The van der Waals surface area contributed by atoms with Crippen molar-refractivity contribution in [2.24, 2.45) is 4.99 Å². The third kappa shape index (κ3) is 6.15. The van der Waals surface area contributed by atoms with Gasteiger partial charge in [-0.3, -0.25) is 9.79 Å². The number of carbonyl (C=O) groups excluding carboxylic acids is 1. The van der Waals surface area contributed by atoms with E-state index in [2.05, 4.69) is 9.73 Å². The Morgan fingerprint density at radius 1 is 0.973 bits per heavy atom. The Morgan fingerprint density at radius 2 is 1.62 bits per heavy atom. The molecule has 198 valence electrons. The second kappa shape index (κ2) is 9.94. The average Bonchev–Trinajstić information content (AvgIpc) is 3.05. The Labute approximate surface area is 206 Å². The molecule has 0 spiro atoms. The van der Waals surface area contributed by atoms with Gasteiger partial charge in [0.15, 0.2) is 13.2 Å². The van der Waals surface area contributed by atoms with Crippen molar-refractivity contribution in [1.29, 1.82) is 0 Å². The molecule has 2 aromatic rings. The first kappa shape index (κ1) is 26.3. The number of amides is 1. The lowest BCUT2D eigenvalue weighted by Gasteiger charge is -2.31. The SMILES string of the molecule is CN1C2=C(C=NCC1c1ccc(F)cc1OCC(F)(F)F)CN(c1ccc(OCC(F)(F)F)cc1)C2=O. The number of hydrogen-bond donors (Lipinski definition) is 0. The van der Waals surface area contributed by atoms with Crippen LogP contribution in [-0.2, 0) is 4.79 Å². The van der Waals surface area contributed by atoms with Crippen LogP contribution in [0.5, 0.6) is 11.5 Å². The van der Waals surface area contributed by atoms with Crippen molar-refractivity contribution in [3.05, 3.63) is 65.1 Å². The maximum Gasteiger partial charge on any atom is 0.422 e. The topological polar surface area (TPSA) is 54.4 Å². The second-order valence-corrected chi connectivity index (χ2v) is 8.37. The van der Waals surface area contributed by atoms with Crippen LogP contribution in [-0.4, -0.2) is 62.7 Å². The Kier molecular flexibility index (Phi) is 7.07. The summed E-state index contributed by atoms with van der Waals surface area (Å²) in [6, 6.07) is 7.97. The zero-order valence-electron chi connectivity index (χ0n) is 19.2. The Morgan fingerprint density at radius 3 is 2.27 bits per heavy atom. The summed E-state index contributed by atoms with van der Waals surface area (Å²) in [6.45, 7) is -2.90. The molecule has 0 aromatic heterocycles. The molecule has 4 rings (SSSR count). The highest BCUT2D eigenvalue weighted by molar-refractivity contribution is 6.13. The average molecular weight is 531 g/mol. The third-order valence-corrected chi connectivity index (χ3v) is 5.70. The third-order valence-electron chi connectivity index (χ3n) is 5.70. The van der Waals surface area contributed by atoms with Gasteiger partial charge in [0.1, 0.15) is 23.0 Å². The largest absolute Gasteiger partial charge is 0.484 e. The molecule has 0 aliphatic carbocycles. The summed E-state index contributed by atoms with van der Waals surface area (Å²) in [5, 5.41) is 0. The molecule has 2 aromatic carbocycles. The standard InChI is InChI=1S/C24H20F7N3O3/c1-33-19(18-7-2-15(25)8-20(18)37-13-24(29,30)31)10-32-9-14-11-34(22(35)21(14)33)16-3-5-17(6-4-16)36-12-23(26,27)28/h2-9,19H,10-13H2,1H3. The molecule has 0 N–H and O–H groups in total. The summed E-state index contributed by atoms with van der Waals surface area (Å²) >= 11 is 0. The number of aliphatic imine (C=N–C) groups is 1. The molecule has 1 amide bonds. The Balaban J connectivity index is 1.55. The molecule has 2 aliphatic heterocycles. The van der Waals surface area contributed by atoms with E-state index in [4.69, 9.17) is 4.74 Å². The van der Waals surface area contributed by atoms with Crippen LogP contribution in [0.3, 0.4) is 0 Å². The summed E-state index contributed by atoms with van der Waals surface area (Å²) in [6.07, 6.45) is -7.64. The zero-order chi connectivity index (χ0) is 27.0. The lowest BCUT2D eigenvalue weighted by Crippen LogP contribution is -2.34. The first-order valence-corrected chi connectivity index (χ1v) is 10.9. The zero-order valence-corrected chi connectivity index (χ0v) is 19.2. The number of nitrogens with zero attached hydrogens (tertiary/aromatic N) is 3. The summed E-state index contributed by atoms with van der Waals surface area (Å²) < 4.78 is 98.7. The summed E-state index contributed by atoms with van der Waals surface area (Å²) in [5.74, 6) is -1.57. The summed E-state index contributed by atoms with van der Waals surface area (Å²) in [4.78, 5) is 20.6. The number of benzene rings is 2. The molecule has 1 atom stereocenters. The van der Waals surface area contributed by atoms with Crippen LogP contribution in [0.25, 0.3) is 0 Å². The number of hydrogen-bond acceptors (Lipinski definition) is 5. The first-order valence-electron chi connectivity index (χ1n) is 10.9. The van der Waals surface area contributed by atoms with E-state index in [9.17, 15) is 35.5 Å². The van der Waals surface area contributed by atoms with Crippen molar-refractivity contribution in [2.75, 3.05) is 38.3 Å². The van der Waals surface area contributed by atoms with Gasteiger partial charge in [-0.25, -0.2) is 4.39 Å². The van der Waals surface area contributed by atoms with Crippen LogP contribution < -0.4 is 14.4 Å². The van der Waals surface area contributed by atoms with Gasteiger partial charge in [0.05, 0.1) is 19.1 Å². The fourth-order valence-corrected chi connectivity index (χ4v) is 4.07. The molecule has 1 unspecified atom stereocenters. The normalized spacial score (nSPS) is 18.3. The second-order valence-electron chi connectivity index (χ2n) is 8.37. The van der Waals surface area contributed by atoms with E-state index in [0.29, 0.717) is 11.3 Å². The molecule has 0 bridgehead atoms. The molecule has 2 aliphatic rings. The van der Waals surface area contributed by atoms with E-state index in [1.54, 1.807) is 11.9 Å². The van der Waals surface area contributed by atoms with Crippen LogP contribution in [0.1, 0.15) is 11.6 Å². The van der Waals surface area contributed by atoms with Crippen molar-refractivity contribution in [3.8, 4) is 11.5 Å². The first-order chi connectivity index (χ1) is 17.3. The maximum atomic E-state index is 13.8. The van der Waals surface area contributed by atoms with E-state index in [0.717, 1.165) is 12.1 Å². The summed E-state index contributed by atoms with van der Waals surface area (Å²) in [5.41, 5.74) is 1.38. The maximum absolute atomic E-state index is 13.8. The lowest BCUT2D eigenvalue weighted by molar-refractivity contribution is -0.154. The van der Waals surface area contributed by atoms with Crippen LogP contribution in [0.15, 0.2) is 58.7 Å². The minimum Gasteiger partial charge on any atom is -0.484 e. The predicted molar refractivity (Wildman–Crippen MR) is 119 cm³/mol. The van der Waals surface area contributed by atoms with Gasteiger partial charge in [-0.2, -0.15) is 26.3 Å². The highest BCUT2D eigenvalue weighted by Crippen LogP contribution is 2.37. The number of carbonyl (C=O) groups is 1. The van der Waals surface area contributed by atoms with Gasteiger partial charge in [0.2, 0.25) is 0 Å². The highest BCUT2D eigenvalue weighted by atomic mass is 19.4. The smallest absolute Gasteiger partial charge is 0.422 e. The summed E-state index contributed by atoms with van der Waals surface area (Å²) in [7, 11) is 1.57. The van der Waals surface area contributed by atoms with Crippen LogP contribution in [0, 0.1) is 5.82 Å². The number of rotatable bonds is 6. The van der Waals surface area contributed by atoms with Crippen LogP contribution >= 0.6 is 0 Å². The molecule has 2 heterocycles. The van der Waals surface area contributed by atoms with Crippen molar-refractivity contribution in [1.82, 2.24) is 4.90 Å². The Hall–Kier alpha value is -3.77. The van der Waals surface area contributed by atoms with E-state index in [1.165, 1.54) is 41.4 Å². The molecule has 0 radical (unpaired) electrons. The molecule has 37 heavy (non-hydrogen) atoms. The monoisotopic (exact) mass is 531 g/mol. The minimum absolute atomic E-state index is 0.0244. The molecular formula is C24H20F7N3O3. The molecule has 0 saturated carbocycles. The molecule has 13 heteroatoms. The molecule has 6 nitrogen and oxygen atoms in total. The highest BCUT2D eigenvalue weighted by Gasteiger charge is 2.38. The van der Waals surface area contributed by atoms with Crippen molar-refractivity contribution in [3.63, 3.8) is 0 Å². The number of anilines is 1. The van der Waals surface area contributed by atoms with E-state index in [1.807, 2.05) is 0 Å². The van der Waals surface area contributed by atoms with E-state index >= 15 is 0 Å². The van der Waals surface area contributed by atoms with Gasteiger partial charge >= 0.3 is 12.4 Å². The van der Waals surface area contributed by atoms with Crippen molar-refractivity contribution in [2.45, 2.75) is 18.4 Å². The predicted octanol–water partition coefficient (Wildman–Crippen LogP) is 5.07. The van der Waals surface area contributed by atoms with Crippen LogP contribution in [0.2, 0.25) is 0 Å². The van der Waals surface area contributed by atoms with Gasteiger partial charge < -0.3 is 19.3 Å². The number of halogens is 7. The van der Waals surface area contributed by atoms with Gasteiger partial charge in [-0.05, 0) is 30.3 Å². The molecular weight excluding hydrogens is 511 g/mol. The fraction of sp³-hybridized carbons (Fsp3) is 0.333. The molecule has 0 saturated heterocycles. The number of ether oxygens (including phenoxy) is 2. The van der Waals surface area contributed by atoms with E-state index < -0.39 is 43.3 Å². The van der Waals surface area contributed by atoms with Gasteiger partial charge in [0, 0.05) is 36.2 Å². The Bertz CT molecular complexity index is 1220. The van der Waals surface area contributed by atoms with Gasteiger partial charge in [-0.1, -0.05) is 6.07 Å². The van der Waals surface area contributed by atoms with Gasteiger partial charge in [-0.15, -0.1) is 0 Å². The van der Waals surface area contributed by atoms with E-state index in [-0.39, 0.29) is 35.8 Å².